The molecule has 5 atom stereocenters. The Morgan fingerprint density at radius 2 is 1.75 bits per heavy atom. The van der Waals surface area contributed by atoms with E-state index in [1.807, 2.05) is 112 Å². The average molecular weight is 761 g/mol. The molecule has 4 heterocycles. The highest BCUT2D eigenvalue weighted by molar-refractivity contribution is 5.95. The summed E-state index contributed by atoms with van der Waals surface area (Å²) in [6.45, 7) is 6.82. The molecule has 2 aromatic heterocycles. The van der Waals surface area contributed by atoms with E-state index in [0.717, 1.165) is 33.8 Å². The van der Waals surface area contributed by atoms with Gasteiger partial charge in [-0.15, -0.1) is 0 Å². The molecule has 0 bridgehead atoms. The van der Waals surface area contributed by atoms with Crippen LogP contribution in [0.5, 0.6) is 0 Å². The summed E-state index contributed by atoms with van der Waals surface area (Å²) in [6, 6.07) is 26.7. The number of amides is 6. The lowest BCUT2D eigenvalue weighted by molar-refractivity contribution is -0.130. The molecule has 13 nitrogen and oxygen atoms in total. The summed E-state index contributed by atoms with van der Waals surface area (Å²) in [6.07, 6.45) is 2.48. The van der Waals surface area contributed by atoms with Gasteiger partial charge in [0.05, 0.1) is 48.6 Å². The third kappa shape index (κ3) is 9.95. The lowest BCUT2D eigenvalue weighted by Crippen LogP contribution is -2.57. The number of nitrogens with zero attached hydrogens (tertiary/aromatic N) is 5. The Morgan fingerprint density at radius 1 is 0.982 bits per heavy atom. The summed E-state index contributed by atoms with van der Waals surface area (Å²) in [4.78, 5) is 66.1. The van der Waals surface area contributed by atoms with Crippen molar-refractivity contribution < 1.29 is 24.3 Å². The van der Waals surface area contributed by atoms with Gasteiger partial charge in [-0.25, -0.2) is 15.0 Å². The number of likely N-dealkylation sites (tertiary alicyclic amines) is 1. The maximum Gasteiger partial charge on any atom is 0.341 e. The Balaban J connectivity index is 1.21. The monoisotopic (exact) mass is 760 g/mol. The Bertz CT molecular complexity index is 1950. The van der Waals surface area contributed by atoms with Gasteiger partial charge >= 0.3 is 12.1 Å². The van der Waals surface area contributed by atoms with Crippen LogP contribution in [0.1, 0.15) is 55.6 Å². The SMILES string of the molecule is CCC(C)C(C(=O)NC(Cc1ccccc1)C(O)CNN(Cc1ccc(-c2ccccn2)cc1)C(=O)N1CCCC1=O)C1CNC(=O)N1Cc1cccc(C)n1. The molecule has 2 saturated heterocycles. The first-order chi connectivity index (χ1) is 27.1. The van der Waals surface area contributed by atoms with Crippen LogP contribution in [0, 0.1) is 18.8 Å². The highest BCUT2D eigenvalue weighted by Crippen LogP contribution is 2.28. The Kier molecular flexibility index (Phi) is 13.4. The van der Waals surface area contributed by atoms with Crippen molar-refractivity contribution in [2.75, 3.05) is 19.6 Å². The number of imide groups is 1. The molecule has 56 heavy (non-hydrogen) atoms. The average Bonchev–Trinajstić information content (AvgIpc) is 3.80. The van der Waals surface area contributed by atoms with E-state index in [-0.39, 0.29) is 43.4 Å². The molecule has 294 valence electrons. The third-order valence-electron chi connectivity index (χ3n) is 10.7. The van der Waals surface area contributed by atoms with Crippen LogP contribution in [0.3, 0.4) is 0 Å². The van der Waals surface area contributed by atoms with Gasteiger partial charge in [-0.1, -0.05) is 87.0 Å². The summed E-state index contributed by atoms with van der Waals surface area (Å²) >= 11 is 0. The fourth-order valence-corrected chi connectivity index (χ4v) is 7.45. The van der Waals surface area contributed by atoms with Gasteiger partial charge < -0.3 is 20.6 Å². The number of rotatable bonds is 16. The van der Waals surface area contributed by atoms with Gasteiger partial charge in [-0.05, 0) is 61.1 Å². The fraction of sp³-hybridized carbons (Fsp3) is 0.395. The third-order valence-corrected chi connectivity index (χ3v) is 10.7. The maximum absolute atomic E-state index is 14.5. The van der Waals surface area contributed by atoms with E-state index < -0.39 is 30.1 Å². The molecule has 2 aliphatic heterocycles. The molecule has 0 saturated carbocycles. The molecule has 0 spiro atoms. The Morgan fingerprint density at radius 3 is 2.43 bits per heavy atom. The number of carbonyl (C=O) groups excluding carboxylic acids is 4. The molecule has 2 aromatic carbocycles. The number of pyridine rings is 2. The van der Waals surface area contributed by atoms with Crippen LogP contribution in [-0.4, -0.2) is 91.6 Å². The minimum Gasteiger partial charge on any atom is -0.390 e. The van der Waals surface area contributed by atoms with E-state index in [1.165, 1.54) is 9.91 Å². The van der Waals surface area contributed by atoms with E-state index in [0.29, 0.717) is 38.8 Å². The van der Waals surface area contributed by atoms with Crippen LogP contribution < -0.4 is 16.1 Å². The first-order valence-corrected chi connectivity index (χ1v) is 19.5. The molecule has 6 rings (SSSR count). The predicted octanol–water partition coefficient (Wildman–Crippen LogP) is 4.85. The van der Waals surface area contributed by atoms with Crippen molar-refractivity contribution in [3.8, 4) is 11.3 Å². The molecule has 0 radical (unpaired) electrons. The number of urea groups is 2. The zero-order valence-electron chi connectivity index (χ0n) is 32.3. The summed E-state index contributed by atoms with van der Waals surface area (Å²) in [5, 5.41) is 19.3. The lowest BCUT2D eigenvalue weighted by Gasteiger charge is -2.35. The molecule has 4 aromatic rings. The summed E-state index contributed by atoms with van der Waals surface area (Å²) in [5.41, 5.74) is 8.16. The molecule has 2 aliphatic rings. The van der Waals surface area contributed by atoms with E-state index in [1.54, 1.807) is 11.1 Å². The second kappa shape index (κ2) is 18.8. The van der Waals surface area contributed by atoms with Crippen LogP contribution in [0.2, 0.25) is 0 Å². The highest BCUT2D eigenvalue weighted by atomic mass is 16.3. The fourth-order valence-electron chi connectivity index (χ4n) is 7.45. The van der Waals surface area contributed by atoms with Crippen molar-refractivity contribution in [2.24, 2.45) is 11.8 Å². The largest absolute Gasteiger partial charge is 0.390 e. The molecule has 4 N–H and O–H groups in total. The Labute approximate surface area is 328 Å². The van der Waals surface area contributed by atoms with Crippen LogP contribution >= 0.6 is 0 Å². The zero-order valence-corrected chi connectivity index (χ0v) is 32.3. The van der Waals surface area contributed by atoms with Crippen molar-refractivity contribution >= 4 is 23.9 Å². The van der Waals surface area contributed by atoms with Crippen molar-refractivity contribution in [1.82, 2.24) is 40.8 Å². The maximum atomic E-state index is 14.5. The quantitative estimate of drug-likeness (QED) is 0.118. The number of aliphatic hydroxyl groups excluding tert-OH is 1. The molecular formula is C43H52N8O5. The number of carbonyl (C=O) groups is 4. The van der Waals surface area contributed by atoms with Crippen LogP contribution in [0.4, 0.5) is 9.59 Å². The highest BCUT2D eigenvalue weighted by Gasteiger charge is 2.43. The number of aromatic nitrogens is 2. The molecule has 6 amide bonds. The van der Waals surface area contributed by atoms with Gasteiger partial charge in [0.2, 0.25) is 11.8 Å². The molecule has 5 unspecified atom stereocenters. The van der Waals surface area contributed by atoms with Crippen molar-refractivity contribution in [2.45, 2.75) is 77.7 Å². The molecular weight excluding hydrogens is 709 g/mol. The first-order valence-electron chi connectivity index (χ1n) is 19.5. The van der Waals surface area contributed by atoms with Crippen LogP contribution in [-0.2, 0) is 29.1 Å². The number of hydrazine groups is 1. The number of nitrogens with one attached hydrogen (secondary N) is 3. The van der Waals surface area contributed by atoms with Gasteiger partial charge in [0.1, 0.15) is 0 Å². The van der Waals surface area contributed by atoms with Crippen molar-refractivity contribution in [3.05, 3.63) is 120 Å². The van der Waals surface area contributed by atoms with E-state index in [9.17, 15) is 24.3 Å². The van der Waals surface area contributed by atoms with E-state index in [4.69, 9.17) is 0 Å². The van der Waals surface area contributed by atoms with Gasteiger partial charge in [0, 0.05) is 43.5 Å². The number of aryl methyl sites for hydroxylation is 1. The standard InChI is InChI=1S/C43H52N8O5/c1-4-29(2)40(37-25-45-42(55)50(37)28-34-15-10-12-30(3)47-34)41(54)48-36(24-31-13-6-5-7-14-31)38(52)26-46-51(43(56)49-23-11-17-39(49)53)27-32-18-20-33(21-19-32)35-16-8-9-22-44-35/h5-10,12-16,18-22,29,36-38,40,46,52H,4,11,17,23-28H2,1-3H3,(H,45,55)(H,48,54). The van der Waals surface area contributed by atoms with Crippen LogP contribution in [0.25, 0.3) is 11.3 Å². The van der Waals surface area contributed by atoms with Crippen molar-refractivity contribution in [1.29, 1.82) is 0 Å². The number of aliphatic hydroxyl groups is 1. The zero-order chi connectivity index (χ0) is 39.6. The molecule has 2 fully saturated rings. The normalized spacial score (nSPS) is 17.6. The van der Waals surface area contributed by atoms with Crippen LogP contribution in [0.15, 0.2) is 97.2 Å². The van der Waals surface area contributed by atoms with E-state index >= 15 is 0 Å². The second-order valence-corrected chi connectivity index (χ2v) is 14.7. The number of benzene rings is 2. The Hall–Kier alpha value is -5.66. The molecule has 0 aliphatic carbocycles. The topological polar surface area (TPSA) is 160 Å². The van der Waals surface area contributed by atoms with Gasteiger partial charge in [0.25, 0.3) is 0 Å². The van der Waals surface area contributed by atoms with E-state index in [2.05, 4.69) is 26.0 Å². The summed E-state index contributed by atoms with van der Waals surface area (Å²) < 4.78 is 0. The number of hydrogen-bond acceptors (Lipinski definition) is 8. The summed E-state index contributed by atoms with van der Waals surface area (Å²) in [5.74, 6) is -1.20. The first kappa shape index (κ1) is 40.0. The minimum atomic E-state index is -1.15. The summed E-state index contributed by atoms with van der Waals surface area (Å²) in [7, 11) is 0. The smallest absolute Gasteiger partial charge is 0.341 e. The van der Waals surface area contributed by atoms with Gasteiger partial charge in [-0.2, -0.15) is 0 Å². The molecule has 13 heteroatoms. The van der Waals surface area contributed by atoms with Gasteiger partial charge in [-0.3, -0.25) is 29.5 Å². The predicted molar refractivity (Wildman–Crippen MR) is 212 cm³/mol. The minimum absolute atomic E-state index is 0.0940. The lowest BCUT2D eigenvalue weighted by atomic mass is 9.83. The second-order valence-electron chi connectivity index (χ2n) is 14.7. The van der Waals surface area contributed by atoms with Crippen molar-refractivity contribution in [3.63, 3.8) is 0 Å². The number of hydrogen-bond donors (Lipinski definition) is 4. The van der Waals surface area contributed by atoms with Gasteiger partial charge in [0.15, 0.2) is 0 Å².